The maximum absolute atomic E-state index is 13.0. The van der Waals surface area contributed by atoms with Crippen LogP contribution in [0.3, 0.4) is 0 Å². The molecule has 0 spiro atoms. The van der Waals surface area contributed by atoms with Gasteiger partial charge in [0.05, 0.1) is 0 Å². The third kappa shape index (κ3) is 6.06. The normalized spacial score (nSPS) is 15.8. The fraction of sp³-hybridized carbons (Fsp3) is 0.435. The number of likely N-dealkylation sites (tertiary alicyclic amines) is 1. The number of benzene rings is 2. The van der Waals surface area contributed by atoms with Gasteiger partial charge < -0.3 is 10.1 Å². The second kappa shape index (κ2) is 10.2. The highest BCUT2D eigenvalue weighted by Crippen LogP contribution is 2.16. The Morgan fingerprint density at radius 3 is 2.54 bits per heavy atom. The molecule has 1 fully saturated rings. The van der Waals surface area contributed by atoms with Crippen LogP contribution in [-0.4, -0.2) is 30.0 Å². The van der Waals surface area contributed by atoms with E-state index in [1.807, 2.05) is 19.1 Å². The zero-order valence-corrected chi connectivity index (χ0v) is 16.5. The van der Waals surface area contributed by atoms with E-state index in [4.69, 9.17) is 4.74 Å². The Morgan fingerprint density at radius 2 is 1.82 bits per heavy atom. The zero-order chi connectivity index (χ0) is 19.8. The summed E-state index contributed by atoms with van der Waals surface area (Å²) in [5, 5.41) is 2.96. The molecule has 1 atom stereocenters. The van der Waals surface area contributed by atoms with E-state index < -0.39 is 6.10 Å². The van der Waals surface area contributed by atoms with Crippen LogP contribution in [-0.2, 0) is 17.9 Å². The van der Waals surface area contributed by atoms with Crippen molar-refractivity contribution >= 4 is 5.91 Å². The SMILES string of the molecule is CC[C@H](Oc1ccc(F)cc1)C(=O)NCc1cccc(CN2CCCCC2)c1. The lowest BCUT2D eigenvalue weighted by Crippen LogP contribution is -2.37. The van der Waals surface area contributed by atoms with Gasteiger partial charge in [-0.25, -0.2) is 4.39 Å². The number of amides is 1. The number of rotatable bonds is 8. The molecule has 0 aliphatic carbocycles. The molecule has 0 unspecified atom stereocenters. The molecule has 0 radical (unpaired) electrons. The molecule has 1 N–H and O–H groups in total. The average molecular weight is 384 g/mol. The molecule has 1 heterocycles. The summed E-state index contributed by atoms with van der Waals surface area (Å²) in [7, 11) is 0. The molecule has 0 bridgehead atoms. The van der Waals surface area contributed by atoms with Crippen molar-refractivity contribution in [1.29, 1.82) is 0 Å². The van der Waals surface area contributed by atoms with Gasteiger partial charge in [0.2, 0.25) is 0 Å². The van der Waals surface area contributed by atoms with Gasteiger partial charge in [-0.1, -0.05) is 37.6 Å². The summed E-state index contributed by atoms with van der Waals surface area (Å²) in [6.45, 7) is 5.66. The van der Waals surface area contributed by atoms with Crippen LogP contribution in [0.2, 0.25) is 0 Å². The van der Waals surface area contributed by atoms with Gasteiger partial charge in [-0.15, -0.1) is 0 Å². The second-order valence-corrected chi connectivity index (χ2v) is 7.34. The topological polar surface area (TPSA) is 41.6 Å². The number of halogens is 1. The Hall–Kier alpha value is -2.40. The third-order valence-corrected chi connectivity index (χ3v) is 5.07. The minimum Gasteiger partial charge on any atom is -0.481 e. The molecule has 0 aromatic heterocycles. The zero-order valence-electron chi connectivity index (χ0n) is 16.5. The van der Waals surface area contributed by atoms with Gasteiger partial charge in [0.25, 0.3) is 5.91 Å². The van der Waals surface area contributed by atoms with Crippen LogP contribution in [0.15, 0.2) is 48.5 Å². The van der Waals surface area contributed by atoms with Gasteiger partial charge in [-0.05, 0) is 67.7 Å². The van der Waals surface area contributed by atoms with E-state index in [1.54, 1.807) is 0 Å². The quantitative estimate of drug-likeness (QED) is 0.738. The van der Waals surface area contributed by atoms with E-state index >= 15 is 0 Å². The van der Waals surface area contributed by atoms with Gasteiger partial charge in [0.1, 0.15) is 11.6 Å². The number of hydrogen-bond acceptors (Lipinski definition) is 3. The van der Waals surface area contributed by atoms with Crippen LogP contribution >= 0.6 is 0 Å². The third-order valence-electron chi connectivity index (χ3n) is 5.07. The second-order valence-electron chi connectivity index (χ2n) is 7.34. The maximum Gasteiger partial charge on any atom is 0.261 e. The Balaban J connectivity index is 1.52. The molecule has 1 saturated heterocycles. The summed E-state index contributed by atoms with van der Waals surface area (Å²) in [6, 6.07) is 14.1. The minimum absolute atomic E-state index is 0.159. The highest BCUT2D eigenvalue weighted by Gasteiger charge is 2.18. The Morgan fingerprint density at radius 1 is 1.11 bits per heavy atom. The van der Waals surface area contributed by atoms with Gasteiger partial charge in [-0.3, -0.25) is 9.69 Å². The van der Waals surface area contributed by atoms with Gasteiger partial charge in [0.15, 0.2) is 6.10 Å². The largest absolute Gasteiger partial charge is 0.481 e. The number of carbonyl (C=O) groups excluding carboxylic acids is 1. The van der Waals surface area contributed by atoms with Crippen molar-refractivity contribution in [2.24, 2.45) is 0 Å². The molecule has 3 rings (SSSR count). The van der Waals surface area contributed by atoms with Gasteiger partial charge in [-0.2, -0.15) is 0 Å². The Bertz CT molecular complexity index is 757. The van der Waals surface area contributed by atoms with Crippen molar-refractivity contribution in [3.05, 3.63) is 65.5 Å². The van der Waals surface area contributed by atoms with Crippen molar-refractivity contribution in [2.75, 3.05) is 13.1 Å². The van der Waals surface area contributed by atoms with Crippen molar-refractivity contribution in [1.82, 2.24) is 10.2 Å². The average Bonchev–Trinajstić information content (AvgIpc) is 2.72. The van der Waals surface area contributed by atoms with Gasteiger partial charge >= 0.3 is 0 Å². The van der Waals surface area contributed by atoms with E-state index in [9.17, 15) is 9.18 Å². The smallest absolute Gasteiger partial charge is 0.261 e. The van der Waals surface area contributed by atoms with E-state index in [0.717, 1.165) is 12.1 Å². The molecule has 1 aliphatic rings. The summed E-state index contributed by atoms with van der Waals surface area (Å²) in [4.78, 5) is 15.0. The highest BCUT2D eigenvalue weighted by atomic mass is 19.1. The first-order valence-electron chi connectivity index (χ1n) is 10.1. The number of piperidine rings is 1. The van der Waals surface area contributed by atoms with Crippen molar-refractivity contribution in [3.63, 3.8) is 0 Å². The molecule has 2 aromatic carbocycles. The standard InChI is InChI=1S/C23H29FN2O2/c1-2-22(28-21-11-9-20(24)10-12-21)23(27)25-16-18-7-6-8-19(15-18)17-26-13-4-3-5-14-26/h6-12,15,22H,2-5,13-14,16-17H2,1H3,(H,25,27)/t22-/m0/s1. The summed E-state index contributed by atoms with van der Waals surface area (Å²) in [6.07, 6.45) is 3.84. The summed E-state index contributed by atoms with van der Waals surface area (Å²) >= 11 is 0. The highest BCUT2D eigenvalue weighted by molar-refractivity contribution is 5.81. The molecule has 1 aliphatic heterocycles. The monoisotopic (exact) mass is 384 g/mol. The predicted octanol–water partition coefficient (Wildman–Crippen LogP) is 4.29. The first-order valence-corrected chi connectivity index (χ1v) is 10.1. The summed E-state index contributed by atoms with van der Waals surface area (Å²) < 4.78 is 18.7. The predicted molar refractivity (Wildman–Crippen MR) is 109 cm³/mol. The van der Waals surface area contributed by atoms with Crippen LogP contribution in [0, 0.1) is 5.82 Å². The summed E-state index contributed by atoms with van der Waals surface area (Å²) in [5.41, 5.74) is 2.36. The lowest BCUT2D eigenvalue weighted by atomic mass is 10.1. The first-order chi connectivity index (χ1) is 13.6. The van der Waals surface area contributed by atoms with Crippen LogP contribution < -0.4 is 10.1 Å². The Kier molecular flexibility index (Phi) is 7.43. The van der Waals surface area contributed by atoms with Crippen LogP contribution in [0.1, 0.15) is 43.7 Å². The molecule has 150 valence electrons. The Labute approximate surface area is 166 Å². The van der Waals surface area contributed by atoms with E-state index in [0.29, 0.717) is 18.7 Å². The maximum atomic E-state index is 13.0. The van der Waals surface area contributed by atoms with Crippen LogP contribution in [0.4, 0.5) is 4.39 Å². The van der Waals surface area contributed by atoms with Crippen molar-refractivity contribution in [2.45, 2.75) is 51.8 Å². The number of ether oxygens (including phenoxy) is 1. The molecular formula is C23H29FN2O2. The number of nitrogens with zero attached hydrogens (tertiary/aromatic N) is 1. The molecule has 2 aromatic rings. The molecule has 1 amide bonds. The lowest BCUT2D eigenvalue weighted by Gasteiger charge is -2.26. The van der Waals surface area contributed by atoms with E-state index in [-0.39, 0.29) is 11.7 Å². The van der Waals surface area contributed by atoms with Crippen LogP contribution in [0.25, 0.3) is 0 Å². The number of hydrogen-bond donors (Lipinski definition) is 1. The van der Waals surface area contributed by atoms with Crippen molar-refractivity contribution < 1.29 is 13.9 Å². The van der Waals surface area contributed by atoms with E-state index in [2.05, 4.69) is 22.3 Å². The number of nitrogens with one attached hydrogen (secondary N) is 1. The van der Waals surface area contributed by atoms with E-state index in [1.165, 1.54) is 62.2 Å². The summed E-state index contributed by atoms with van der Waals surface area (Å²) in [5.74, 6) is 0.00877. The van der Waals surface area contributed by atoms with Gasteiger partial charge in [0, 0.05) is 13.1 Å². The van der Waals surface area contributed by atoms with Crippen LogP contribution in [0.5, 0.6) is 5.75 Å². The van der Waals surface area contributed by atoms with Crippen molar-refractivity contribution in [3.8, 4) is 5.75 Å². The first kappa shape index (κ1) is 20.3. The molecule has 5 heteroatoms. The molecule has 4 nitrogen and oxygen atoms in total. The minimum atomic E-state index is -0.595. The number of carbonyl (C=O) groups is 1. The molecular weight excluding hydrogens is 355 g/mol. The lowest BCUT2D eigenvalue weighted by molar-refractivity contribution is -0.128. The fourth-order valence-electron chi connectivity index (χ4n) is 3.52. The fourth-order valence-corrected chi connectivity index (χ4v) is 3.52. The molecule has 0 saturated carbocycles. The molecule has 28 heavy (non-hydrogen) atoms.